The van der Waals surface area contributed by atoms with Crippen molar-refractivity contribution in [2.75, 3.05) is 25.7 Å². The maximum Gasteiger partial charge on any atom is 0.315 e. The van der Waals surface area contributed by atoms with Crippen LogP contribution in [0.25, 0.3) is 0 Å². The van der Waals surface area contributed by atoms with E-state index in [1.54, 1.807) is 25.3 Å². The maximum absolute atomic E-state index is 15.4. The fourth-order valence-corrected chi connectivity index (χ4v) is 6.32. The lowest BCUT2D eigenvalue weighted by Gasteiger charge is -2.27. The summed E-state index contributed by atoms with van der Waals surface area (Å²) >= 11 is 6.12. The number of benzene rings is 2. The van der Waals surface area contributed by atoms with E-state index in [1.807, 2.05) is 12.1 Å². The van der Waals surface area contributed by atoms with E-state index in [2.05, 4.69) is 10.6 Å². The molecule has 4 atom stereocenters. The molecule has 1 aromatic heterocycles. The first-order valence-electron chi connectivity index (χ1n) is 14.0. The Bertz CT molecular complexity index is 1580. The molecule has 0 saturated carbocycles. The Labute approximate surface area is 252 Å². The molecule has 1 fully saturated rings. The van der Waals surface area contributed by atoms with Gasteiger partial charge in [0.25, 0.3) is 11.5 Å². The number of fused-ring (bicyclic) bond motifs is 1. The number of anilines is 1. The molecule has 9 nitrogen and oxygen atoms in total. The topological polar surface area (TPSA) is 102 Å². The molecule has 3 aromatic rings. The van der Waals surface area contributed by atoms with Crippen molar-refractivity contribution in [1.29, 1.82) is 0 Å². The Morgan fingerprint density at radius 2 is 1.81 bits per heavy atom. The number of methoxy groups -OCH3 is 2. The minimum Gasteiger partial charge on any atom is -0.497 e. The molecule has 5 rings (SSSR count). The highest BCUT2D eigenvalue weighted by molar-refractivity contribution is 6.30. The third kappa shape index (κ3) is 6.09. The van der Waals surface area contributed by atoms with Crippen LogP contribution in [0.1, 0.15) is 36.0 Å². The van der Waals surface area contributed by atoms with E-state index < -0.39 is 47.1 Å². The van der Waals surface area contributed by atoms with Crippen LogP contribution >= 0.6 is 11.6 Å². The van der Waals surface area contributed by atoms with Gasteiger partial charge in [-0.15, -0.1) is 0 Å². The van der Waals surface area contributed by atoms with Crippen LogP contribution in [0.2, 0.25) is 5.02 Å². The van der Waals surface area contributed by atoms with Crippen molar-refractivity contribution in [1.82, 2.24) is 15.2 Å². The molecule has 0 spiro atoms. The number of rotatable bonds is 8. The second-order valence-electron chi connectivity index (χ2n) is 10.8. The molecule has 1 aliphatic carbocycles. The van der Waals surface area contributed by atoms with Gasteiger partial charge < -0.3 is 29.6 Å². The van der Waals surface area contributed by atoms with Crippen LogP contribution < -0.4 is 25.8 Å². The Morgan fingerprint density at radius 1 is 1.07 bits per heavy atom. The molecule has 228 valence electrons. The van der Waals surface area contributed by atoms with Gasteiger partial charge in [0.05, 0.1) is 13.7 Å². The van der Waals surface area contributed by atoms with Crippen LogP contribution in [-0.4, -0.2) is 55.5 Å². The molecule has 2 heterocycles. The van der Waals surface area contributed by atoms with Crippen molar-refractivity contribution in [3.8, 4) is 5.75 Å². The van der Waals surface area contributed by atoms with E-state index in [1.165, 1.54) is 29.8 Å². The number of amides is 3. The van der Waals surface area contributed by atoms with Gasteiger partial charge in [-0.3, -0.25) is 9.59 Å². The maximum atomic E-state index is 15.4. The van der Waals surface area contributed by atoms with Gasteiger partial charge in [-0.2, -0.15) is 0 Å². The summed E-state index contributed by atoms with van der Waals surface area (Å²) in [7, 11) is 2.79. The predicted molar refractivity (Wildman–Crippen MR) is 158 cm³/mol. The van der Waals surface area contributed by atoms with Gasteiger partial charge in [0.2, 0.25) is 0 Å². The minimum absolute atomic E-state index is 0.0298. The zero-order valence-electron chi connectivity index (χ0n) is 24.0. The fraction of sp³-hybridized carbons (Fsp3) is 0.387. The van der Waals surface area contributed by atoms with Gasteiger partial charge in [0.15, 0.2) is 0 Å². The zero-order chi connectivity index (χ0) is 30.8. The van der Waals surface area contributed by atoms with E-state index in [0.717, 1.165) is 23.3 Å². The quantitative estimate of drug-likeness (QED) is 0.397. The fourth-order valence-electron chi connectivity index (χ4n) is 6.13. The SMILES string of the molecule is COCCn1cccc(N2C(=O)[C@@H](NC(=O)NC3CCc4cc(Cl)ccc4C3)[C@H](c3c(F)cc(OC)cc3F)[C@@H]2C)c1=O. The van der Waals surface area contributed by atoms with Crippen LogP contribution in [0.15, 0.2) is 53.5 Å². The molecule has 1 saturated heterocycles. The zero-order valence-corrected chi connectivity index (χ0v) is 24.8. The lowest BCUT2D eigenvalue weighted by atomic mass is 9.87. The average molecular weight is 615 g/mol. The number of carbonyl (C=O) groups is 2. The number of halogens is 3. The summed E-state index contributed by atoms with van der Waals surface area (Å²) in [5.74, 6) is -3.71. The van der Waals surface area contributed by atoms with Crippen molar-refractivity contribution in [3.05, 3.63) is 92.4 Å². The highest BCUT2D eigenvalue weighted by atomic mass is 35.5. The Morgan fingerprint density at radius 3 is 2.51 bits per heavy atom. The van der Waals surface area contributed by atoms with E-state index in [9.17, 15) is 14.4 Å². The molecule has 2 aliphatic rings. The monoisotopic (exact) mass is 614 g/mol. The molecule has 0 bridgehead atoms. The molecule has 43 heavy (non-hydrogen) atoms. The third-order valence-electron chi connectivity index (χ3n) is 8.23. The lowest BCUT2D eigenvalue weighted by Crippen LogP contribution is -2.51. The molecule has 3 amide bonds. The summed E-state index contributed by atoms with van der Waals surface area (Å²) in [4.78, 5) is 41.9. The van der Waals surface area contributed by atoms with Gasteiger partial charge in [0, 0.05) is 60.6 Å². The summed E-state index contributed by atoms with van der Waals surface area (Å²) in [5.41, 5.74) is 1.36. The molecule has 2 N–H and O–H groups in total. The van der Waals surface area contributed by atoms with Crippen LogP contribution in [0.4, 0.5) is 19.3 Å². The van der Waals surface area contributed by atoms with Crippen molar-refractivity contribution < 1.29 is 27.8 Å². The summed E-state index contributed by atoms with van der Waals surface area (Å²) < 4.78 is 42.4. The number of nitrogens with zero attached hydrogens (tertiary/aromatic N) is 2. The predicted octanol–water partition coefficient (Wildman–Crippen LogP) is 4.18. The van der Waals surface area contributed by atoms with Gasteiger partial charge in [-0.25, -0.2) is 13.6 Å². The highest BCUT2D eigenvalue weighted by Crippen LogP contribution is 2.40. The van der Waals surface area contributed by atoms with Crippen LogP contribution in [0.3, 0.4) is 0 Å². The third-order valence-corrected chi connectivity index (χ3v) is 8.46. The van der Waals surface area contributed by atoms with E-state index in [4.69, 9.17) is 21.1 Å². The van der Waals surface area contributed by atoms with Crippen molar-refractivity contribution in [2.45, 2.75) is 56.8 Å². The number of hydrogen-bond donors (Lipinski definition) is 2. The van der Waals surface area contributed by atoms with E-state index >= 15 is 8.78 Å². The number of carbonyl (C=O) groups excluding carboxylic acids is 2. The number of nitrogens with one attached hydrogen (secondary N) is 2. The number of urea groups is 1. The Balaban J connectivity index is 1.46. The lowest BCUT2D eigenvalue weighted by molar-refractivity contribution is -0.118. The largest absolute Gasteiger partial charge is 0.497 e. The van der Waals surface area contributed by atoms with Gasteiger partial charge in [-0.1, -0.05) is 17.7 Å². The molecular formula is C31H33ClF2N4O5. The van der Waals surface area contributed by atoms with E-state index in [0.29, 0.717) is 24.3 Å². The van der Waals surface area contributed by atoms with Crippen molar-refractivity contribution in [2.24, 2.45) is 0 Å². The number of ether oxygens (including phenoxy) is 2. The molecule has 0 radical (unpaired) electrons. The number of pyridine rings is 1. The molecule has 1 unspecified atom stereocenters. The van der Waals surface area contributed by atoms with Crippen molar-refractivity contribution in [3.63, 3.8) is 0 Å². The van der Waals surface area contributed by atoms with Gasteiger partial charge >= 0.3 is 6.03 Å². The average Bonchev–Trinajstić information content (AvgIpc) is 3.20. The Hall–Kier alpha value is -3.96. The van der Waals surface area contributed by atoms with Crippen molar-refractivity contribution >= 4 is 29.2 Å². The first kappa shape index (κ1) is 30.5. The first-order valence-corrected chi connectivity index (χ1v) is 14.4. The number of aryl methyl sites for hydroxylation is 1. The molecule has 1 aliphatic heterocycles. The summed E-state index contributed by atoms with van der Waals surface area (Å²) in [6.07, 6.45) is 3.49. The molecule has 2 aromatic carbocycles. The van der Waals surface area contributed by atoms with Crippen LogP contribution in [-0.2, 0) is 28.9 Å². The standard InChI is InChI=1S/C31H33ClF2N4O5/c1-17-26(27-23(33)15-22(43-3)16-24(27)34)28(30(40)38(17)25-5-4-10-37(29(25)39)11-12-42-2)36-31(41)35-21-9-7-18-13-20(32)8-6-19(18)14-21/h4-6,8,10,13,15-17,21,26,28H,7,9,11-12,14H2,1-3H3,(H2,35,36,41)/t17-,21?,26-,28-/m0/s1. The Kier molecular flexibility index (Phi) is 9.03. The number of aromatic nitrogens is 1. The van der Waals surface area contributed by atoms with Crippen LogP contribution in [0, 0.1) is 11.6 Å². The molecule has 12 heteroatoms. The van der Waals surface area contributed by atoms with Gasteiger partial charge in [-0.05, 0) is 61.6 Å². The summed E-state index contributed by atoms with van der Waals surface area (Å²) in [5, 5.41) is 6.24. The minimum atomic E-state index is -1.37. The van der Waals surface area contributed by atoms with Gasteiger partial charge in [0.1, 0.15) is 29.1 Å². The normalized spacial score (nSPS) is 21.4. The highest BCUT2D eigenvalue weighted by Gasteiger charge is 2.50. The summed E-state index contributed by atoms with van der Waals surface area (Å²) in [6, 6.07) is 7.64. The summed E-state index contributed by atoms with van der Waals surface area (Å²) in [6.45, 7) is 2.10. The second kappa shape index (κ2) is 12.7. The first-order chi connectivity index (χ1) is 20.6. The molecular weight excluding hydrogens is 582 g/mol. The van der Waals surface area contributed by atoms with Crippen LogP contribution in [0.5, 0.6) is 5.75 Å². The van der Waals surface area contributed by atoms with E-state index in [-0.39, 0.29) is 36.2 Å². The number of hydrogen-bond acceptors (Lipinski definition) is 5. The second-order valence-corrected chi connectivity index (χ2v) is 11.2. The smallest absolute Gasteiger partial charge is 0.315 e.